The van der Waals surface area contributed by atoms with Gasteiger partial charge in [-0.05, 0) is 80.2 Å². The minimum Gasteiger partial charge on any atom is -0.490 e. The predicted octanol–water partition coefficient (Wildman–Crippen LogP) is 3.61. The largest absolute Gasteiger partial charge is 0.490 e. The van der Waals surface area contributed by atoms with Gasteiger partial charge in [0.15, 0.2) is 18.1 Å². The van der Waals surface area contributed by atoms with Crippen LogP contribution in [0, 0.1) is 23.2 Å². The molecule has 0 unspecified atom stereocenters. The molecule has 0 spiro atoms. The zero-order chi connectivity index (χ0) is 20.3. The Hall–Kier alpha value is -2.24. The van der Waals surface area contributed by atoms with Crippen molar-refractivity contribution in [1.82, 2.24) is 10.9 Å². The van der Waals surface area contributed by atoms with Crippen LogP contribution in [0.5, 0.6) is 11.5 Å². The molecule has 1 aromatic rings. The van der Waals surface area contributed by atoms with Gasteiger partial charge in [0.1, 0.15) is 0 Å². The molecule has 0 radical (unpaired) electrons. The van der Waals surface area contributed by atoms with Crippen molar-refractivity contribution < 1.29 is 19.1 Å². The molecule has 2 amide bonds. The first kappa shape index (κ1) is 20.0. The van der Waals surface area contributed by atoms with Crippen molar-refractivity contribution in [3.05, 3.63) is 24.3 Å². The van der Waals surface area contributed by atoms with Crippen molar-refractivity contribution in [1.29, 1.82) is 0 Å². The highest BCUT2D eigenvalue weighted by atomic mass is 16.5. The molecule has 4 bridgehead atoms. The van der Waals surface area contributed by atoms with Crippen LogP contribution in [-0.4, -0.2) is 25.0 Å². The highest BCUT2D eigenvalue weighted by molar-refractivity contribution is 5.83. The van der Waals surface area contributed by atoms with Crippen molar-refractivity contribution in [3.63, 3.8) is 0 Å². The number of ether oxygens (including phenoxy) is 2. The van der Waals surface area contributed by atoms with Crippen molar-refractivity contribution in [2.75, 3.05) is 13.2 Å². The Bertz CT molecular complexity index is 713. The lowest BCUT2D eigenvalue weighted by molar-refractivity contribution is -0.134. The topological polar surface area (TPSA) is 76.7 Å². The predicted molar refractivity (Wildman–Crippen MR) is 109 cm³/mol. The van der Waals surface area contributed by atoms with Crippen LogP contribution in [0.4, 0.5) is 0 Å². The van der Waals surface area contributed by atoms with E-state index in [4.69, 9.17) is 9.47 Å². The third-order valence-corrected chi connectivity index (χ3v) is 6.71. The van der Waals surface area contributed by atoms with Crippen molar-refractivity contribution in [2.45, 2.75) is 58.3 Å². The molecular weight excluding hydrogens is 368 g/mol. The summed E-state index contributed by atoms with van der Waals surface area (Å²) in [6.45, 7) is 2.44. The van der Waals surface area contributed by atoms with Crippen LogP contribution >= 0.6 is 0 Å². The molecule has 4 saturated carbocycles. The Balaban J connectivity index is 1.22. The van der Waals surface area contributed by atoms with Gasteiger partial charge in [-0.2, -0.15) is 0 Å². The Kier molecular flexibility index (Phi) is 5.97. The molecule has 0 atom stereocenters. The van der Waals surface area contributed by atoms with Crippen LogP contribution in [0.1, 0.15) is 58.3 Å². The minimum absolute atomic E-state index is 0.0908. The Morgan fingerprint density at radius 2 is 1.48 bits per heavy atom. The second-order valence-corrected chi connectivity index (χ2v) is 9.27. The van der Waals surface area contributed by atoms with Crippen LogP contribution in [0.3, 0.4) is 0 Å². The van der Waals surface area contributed by atoms with E-state index in [0.29, 0.717) is 24.5 Å². The lowest BCUT2D eigenvalue weighted by atomic mass is 9.49. The summed E-state index contributed by atoms with van der Waals surface area (Å²) in [6, 6.07) is 7.28. The van der Waals surface area contributed by atoms with E-state index < -0.39 is 0 Å². The molecule has 29 heavy (non-hydrogen) atoms. The highest BCUT2D eigenvalue weighted by Gasteiger charge is 2.51. The summed E-state index contributed by atoms with van der Waals surface area (Å²) in [5.41, 5.74) is 5.25. The summed E-state index contributed by atoms with van der Waals surface area (Å²) in [5, 5.41) is 0. The van der Waals surface area contributed by atoms with Gasteiger partial charge in [0.05, 0.1) is 6.61 Å². The van der Waals surface area contributed by atoms with E-state index in [-0.39, 0.29) is 23.8 Å². The number of nitrogens with one attached hydrogen (secondary N) is 2. The maximum absolute atomic E-state index is 12.5. The van der Waals surface area contributed by atoms with Crippen molar-refractivity contribution in [3.8, 4) is 11.5 Å². The molecule has 0 saturated heterocycles. The summed E-state index contributed by atoms with van der Waals surface area (Å²) >= 11 is 0. The van der Waals surface area contributed by atoms with Gasteiger partial charge in [-0.1, -0.05) is 19.1 Å². The third-order valence-electron chi connectivity index (χ3n) is 6.71. The first-order valence-electron chi connectivity index (χ1n) is 11.0. The number of para-hydroxylation sites is 2. The molecule has 6 nitrogen and oxygen atoms in total. The molecule has 5 rings (SSSR count). The molecule has 4 fully saturated rings. The van der Waals surface area contributed by atoms with Crippen LogP contribution in [0.2, 0.25) is 0 Å². The molecule has 0 aromatic heterocycles. The lowest BCUT2D eigenvalue weighted by Crippen LogP contribution is -2.50. The first-order valence-corrected chi connectivity index (χ1v) is 11.0. The van der Waals surface area contributed by atoms with E-state index in [1.807, 2.05) is 25.1 Å². The van der Waals surface area contributed by atoms with E-state index >= 15 is 0 Å². The standard InChI is InChI=1S/C23H32N2O4/c1-2-7-28-19-5-3-4-6-20(19)29-15-22(27)25-24-21(26)14-23-11-16-8-17(12-23)10-18(9-16)13-23/h3-6,16-18H,2,7-15H2,1H3,(H,24,26)(H,25,27). The van der Waals surface area contributed by atoms with Gasteiger partial charge in [0.2, 0.25) is 5.91 Å². The van der Waals surface area contributed by atoms with Crippen LogP contribution in [0.15, 0.2) is 24.3 Å². The maximum atomic E-state index is 12.5. The van der Waals surface area contributed by atoms with E-state index in [9.17, 15) is 9.59 Å². The second-order valence-electron chi connectivity index (χ2n) is 9.27. The van der Waals surface area contributed by atoms with E-state index in [1.165, 1.54) is 38.5 Å². The number of hydrazine groups is 1. The molecule has 0 heterocycles. The smallest absolute Gasteiger partial charge is 0.276 e. The fourth-order valence-electron chi connectivity index (χ4n) is 6.11. The Morgan fingerprint density at radius 1 is 0.931 bits per heavy atom. The zero-order valence-electron chi connectivity index (χ0n) is 17.2. The van der Waals surface area contributed by atoms with Gasteiger partial charge in [0.25, 0.3) is 5.91 Å². The summed E-state index contributed by atoms with van der Waals surface area (Å²) in [7, 11) is 0. The molecule has 4 aliphatic rings. The number of amides is 2. The highest BCUT2D eigenvalue weighted by Crippen LogP contribution is 2.61. The average Bonchev–Trinajstić information content (AvgIpc) is 2.68. The lowest BCUT2D eigenvalue weighted by Gasteiger charge is -2.56. The van der Waals surface area contributed by atoms with E-state index in [0.717, 1.165) is 24.2 Å². The van der Waals surface area contributed by atoms with E-state index in [1.54, 1.807) is 6.07 Å². The average molecular weight is 401 g/mol. The summed E-state index contributed by atoms with van der Waals surface area (Å²) in [5.74, 6) is 3.11. The summed E-state index contributed by atoms with van der Waals surface area (Å²) < 4.78 is 11.2. The van der Waals surface area contributed by atoms with Crippen molar-refractivity contribution in [2.24, 2.45) is 23.2 Å². The Labute approximate surface area is 172 Å². The van der Waals surface area contributed by atoms with Gasteiger partial charge >= 0.3 is 0 Å². The monoisotopic (exact) mass is 400 g/mol. The maximum Gasteiger partial charge on any atom is 0.276 e. The first-order chi connectivity index (χ1) is 14.0. The third kappa shape index (κ3) is 4.85. The van der Waals surface area contributed by atoms with Crippen LogP contribution < -0.4 is 20.3 Å². The van der Waals surface area contributed by atoms with Gasteiger partial charge in [-0.15, -0.1) is 0 Å². The fraction of sp³-hybridized carbons (Fsp3) is 0.652. The van der Waals surface area contributed by atoms with Crippen LogP contribution in [0.25, 0.3) is 0 Å². The second kappa shape index (κ2) is 8.64. The number of hydrogen-bond donors (Lipinski definition) is 2. The number of benzene rings is 1. The SMILES string of the molecule is CCCOc1ccccc1OCC(=O)NNC(=O)CC12CC3CC(CC(C3)C1)C2. The number of rotatable bonds is 8. The summed E-state index contributed by atoms with van der Waals surface area (Å²) in [4.78, 5) is 24.6. The number of carbonyl (C=O) groups is 2. The van der Waals surface area contributed by atoms with Crippen LogP contribution in [-0.2, 0) is 9.59 Å². The minimum atomic E-state index is -0.380. The summed E-state index contributed by atoms with van der Waals surface area (Å²) in [6.07, 6.45) is 9.03. The number of carbonyl (C=O) groups excluding carboxylic acids is 2. The molecule has 2 N–H and O–H groups in total. The number of hydrogen-bond acceptors (Lipinski definition) is 4. The molecule has 4 aliphatic carbocycles. The fourth-order valence-corrected chi connectivity index (χ4v) is 6.11. The van der Waals surface area contributed by atoms with Gasteiger partial charge in [0, 0.05) is 6.42 Å². The molecule has 158 valence electrons. The quantitative estimate of drug-likeness (QED) is 0.654. The Morgan fingerprint density at radius 3 is 2.07 bits per heavy atom. The van der Waals surface area contributed by atoms with Crippen molar-refractivity contribution >= 4 is 11.8 Å². The van der Waals surface area contributed by atoms with Gasteiger partial charge < -0.3 is 9.47 Å². The molecule has 6 heteroatoms. The molecule has 1 aromatic carbocycles. The zero-order valence-corrected chi connectivity index (χ0v) is 17.2. The van der Waals surface area contributed by atoms with Gasteiger partial charge in [-0.25, -0.2) is 0 Å². The van der Waals surface area contributed by atoms with E-state index in [2.05, 4.69) is 10.9 Å². The molecule has 0 aliphatic heterocycles. The molecular formula is C23H32N2O4. The normalized spacial score (nSPS) is 29.3. The van der Waals surface area contributed by atoms with Gasteiger partial charge in [-0.3, -0.25) is 20.4 Å².